The van der Waals surface area contributed by atoms with Crippen molar-refractivity contribution in [3.63, 3.8) is 0 Å². The number of piperazine rings is 1. The van der Waals surface area contributed by atoms with Crippen LogP contribution in [0.25, 0.3) is 0 Å². The molecular formula is C18H26N2O2. The van der Waals surface area contributed by atoms with Gasteiger partial charge in [0.15, 0.2) is 0 Å². The molecule has 1 unspecified atom stereocenters. The number of carbonyl (C=O) groups is 2. The van der Waals surface area contributed by atoms with Crippen molar-refractivity contribution in [3.8, 4) is 0 Å². The third kappa shape index (κ3) is 3.67. The Bertz CT molecular complexity index is 522. The second-order valence-electron chi connectivity index (χ2n) is 6.21. The predicted molar refractivity (Wildman–Crippen MR) is 87.5 cm³/mol. The van der Waals surface area contributed by atoms with Crippen molar-refractivity contribution >= 4 is 11.8 Å². The Morgan fingerprint density at radius 1 is 1.32 bits per heavy atom. The highest BCUT2D eigenvalue weighted by Crippen LogP contribution is 2.26. The standard InChI is InChI=1S/C18H26N2O2/c1-4-5-6-16(21)20-12-11-19-18(22)17(20)15-9-7-14(8-10-15)13(2)3/h7-10,13,17H,4-6,11-12H2,1-3H3,(H,19,22). The molecule has 4 nitrogen and oxygen atoms in total. The fourth-order valence-corrected chi connectivity index (χ4v) is 2.80. The van der Waals surface area contributed by atoms with Crippen LogP contribution < -0.4 is 5.32 Å². The van der Waals surface area contributed by atoms with E-state index < -0.39 is 6.04 Å². The van der Waals surface area contributed by atoms with Gasteiger partial charge < -0.3 is 10.2 Å². The van der Waals surface area contributed by atoms with E-state index in [9.17, 15) is 9.59 Å². The van der Waals surface area contributed by atoms with E-state index in [2.05, 4.69) is 38.2 Å². The molecule has 1 fully saturated rings. The van der Waals surface area contributed by atoms with Crippen LogP contribution in [0.5, 0.6) is 0 Å². The van der Waals surface area contributed by atoms with Gasteiger partial charge in [0.05, 0.1) is 0 Å². The Balaban J connectivity index is 2.22. The van der Waals surface area contributed by atoms with Crippen LogP contribution in [0, 0.1) is 0 Å². The Kier molecular flexibility index (Phi) is 5.58. The summed E-state index contributed by atoms with van der Waals surface area (Å²) in [4.78, 5) is 26.4. The lowest BCUT2D eigenvalue weighted by Gasteiger charge is -2.35. The van der Waals surface area contributed by atoms with Gasteiger partial charge in [-0.25, -0.2) is 0 Å². The Hall–Kier alpha value is -1.84. The second-order valence-corrected chi connectivity index (χ2v) is 6.21. The van der Waals surface area contributed by atoms with Crippen LogP contribution in [-0.2, 0) is 9.59 Å². The van der Waals surface area contributed by atoms with E-state index in [1.165, 1.54) is 5.56 Å². The van der Waals surface area contributed by atoms with Crippen molar-refractivity contribution in [1.29, 1.82) is 0 Å². The summed E-state index contributed by atoms with van der Waals surface area (Å²) in [6.07, 6.45) is 2.37. The summed E-state index contributed by atoms with van der Waals surface area (Å²) in [5.41, 5.74) is 2.13. The van der Waals surface area contributed by atoms with E-state index >= 15 is 0 Å². The van der Waals surface area contributed by atoms with Crippen molar-refractivity contribution in [3.05, 3.63) is 35.4 Å². The zero-order chi connectivity index (χ0) is 16.1. The molecule has 1 atom stereocenters. The molecule has 0 spiro atoms. The zero-order valence-electron chi connectivity index (χ0n) is 13.8. The van der Waals surface area contributed by atoms with Gasteiger partial charge in [0.1, 0.15) is 6.04 Å². The van der Waals surface area contributed by atoms with Crippen molar-refractivity contribution < 1.29 is 9.59 Å². The van der Waals surface area contributed by atoms with Gasteiger partial charge in [0.25, 0.3) is 0 Å². The van der Waals surface area contributed by atoms with Gasteiger partial charge in [-0.15, -0.1) is 0 Å². The smallest absolute Gasteiger partial charge is 0.247 e. The molecule has 2 amide bonds. The molecule has 0 aliphatic carbocycles. The molecule has 0 radical (unpaired) electrons. The molecule has 1 N–H and O–H groups in total. The quantitative estimate of drug-likeness (QED) is 0.909. The fourth-order valence-electron chi connectivity index (χ4n) is 2.80. The van der Waals surface area contributed by atoms with E-state index in [-0.39, 0.29) is 11.8 Å². The zero-order valence-corrected chi connectivity index (χ0v) is 13.8. The second kappa shape index (κ2) is 7.43. The minimum atomic E-state index is -0.487. The minimum Gasteiger partial charge on any atom is -0.352 e. The lowest BCUT2D eigenvalue weighted by molar-refractivity contribution is -0.143. The molecular weight excluding hydrogens is 276 g/mol. The van der Waals surface area contributed by atoms with Gasteiger partial charge in [0.2, 0.25) is 11.8 Å². The third-order valence-electron chi connectivity index (χ3n) is 4.20. The molecule has 1 saturated heterocycles. The van der Waals surface area contributed by atoms with Crippen molar-refractivity contribution in [1.82, 2.24) is 10.2 Å². The highest BCUT2D eigenvalue weighted by atomic mass is 16.2. The monoisotopic (exact) mass is 302 g/mol. The summed E-state index contributed by atoms with van der Waals surface area (Å²) in [5.74, 6) is 0.458. The molecule has 1 aliphatic heterocycles. The third-order valence-corrected chi connectivity index (χ3v) is 4.20. The maximum Gasteiger partial charge on any atom is 0.247 e. The minimum absolute atomic E-state index is 0.0756. The number of benzene rings is 1. The first-order valence-corrected chi connectivity index (χ1v) is 8.21. The summed E-state index contributed by atoms with van der Waals surface area (Å²) >= 11 is 0. The summed E-state index contributed by atoms with van der Waals surface area (Å²) in [6, 6.07) is 7.57. The normalized spacial score (nSPS) is 18.5. The van der Waals surface area contributed by atoms with Crippen LogP contribution in [0.2, 0.25) is 0 Å². The van der Waals surface area contributed by atoms with Crippen LogP contribution in [-0.4, -0.2) is 29.8 Å². The summed E-state index contributed by atoms with van der Waals surface area (Å²) in [6.45, 7) is 7.48. The molecule has 2 rings (SSSR count). The number of carbonyl (C=O) groups excluding carboxylic acids is 2. The number of rotatable bonds is 5. The Morgan fingerprint density at radius 2 is 2.00 bits per heavy atom. The first kappa shape index (κ1) is 16.5. The van der Waals surface area contributed by atoms with Crippen LogP contribution in [0.4, 0.5) is 0 Å². The van der Waals surface area contributed by atoms with Crippen LogP contribution >= 0.6 is 0 Å². The topological polar surface area (TPSA) is 49.4 Å². The van der Waals surface area contributed by atoms with E-state index in [4.69, 9.17) is 0 Å². The summed E-state index contributed by atoms with van der Waals surface area (Å²) < 4.78 is 0. The fraction of sp³-hybridized carbons (Fsp3) is 0.556. The van der Waals surface area contributed by atoms with Gasteiger partial charge in [-0.1, -0.05) is 51.5 Å². The predicted octanol–water partition coefficient (Wildman–Crippen LogP) is 3.00. The van der Waals surface area contributed by atoms with Crippen molar-refractivity contribution in [2.24, 2.45) is 0 Å². The number of amides is 2. The molecule has 0 saturated carbocycles. The molecule has 4 heteroatoms. The van der Waals surface area contributed by atoms with E-state index in [0.29, 0.717) is 25.4 Å². The number of nitrogens with zero attached hydrogens (tertiary/aromatic N) is 1. The molecule has 0 aromatic heterocycles. The molecule has 1 heterocycles. The SMILES string of the molecule is CCCCC(=O)N1CCNC(=O)C1c1ccc(C(C)C)cc1. The highest BCUT2D eigenvalue weighted by molar-refractivity contribution is 5.89. The largest absolute Gasteiger partial charge is 0.352 e. The van der Waals surface area contributed by atoms with Crippen LogP contribution in [0.1, 0.15) is 63.1 Å². The number of hydrogen-bond acceptors (Lipinski definition) is 2. The van der Waals surface area contributed by atoms with Crippen molar-refractivity contribution in [2.75, 3.05) is 13.1 Å². The summed E-state index contributed by atoms with van der Waals surface area (Å²) in [7, 11) is 0. The van der Waals surface area contributed by atoms with Gasteiger partial charge in [-0.3, -0.25) is 9.59 Å². The highest BCUT2D eigenvalue weighted by Gasteiger charge is 2.33. The first-order valence-electron chi connectivity index (χ1n) is 8.21. The van der Waals surface area contributed by atoms with Gasteiger partial charge in [0, 0.05) is 19.5 Å². The molecule has 0 bridgehead atoms. The number of nitrogens with one attached hydrogen (secondary N) is 1. The first-order chi connectivity index (χ1) is 10.5. The maximum absolute atomic E-state index is 12.4. The van der Waals surface area contributed by atoms with Crippen molar-refractivity contribution in [2.45, 2.75) is 52.0 Å². The molecule has 1 aromatic rings. The number of hydrogen-bond donors (Lipinski definition) is 1. The summed E-state index contributed by atoms with van der Waals surface area (Å²) in [5, 5.41) is 2.88. The molecule has 1 aliphatic rings. The maximum atomic E-state index is 12.4. The van der Waals surface area contributed by atoms with Gasteiger partial charge >= 0.3 is 0 Å². The molecule has 1 aromatic carbocycles. The van der Waals surface area contributed by atoms with E-state index in [1.807, 2.05) is 12.1 Å². The average Bonchev–Trinajstić information content (AvgIpc) is 2.52. The number of unbranched alkanes of at least 4 members (excludes halogenated alkanes) is 1. The van der Waals surface area contributed by atoms with Gasteiger partial charge in [-0.05, 0) is 23.5 Å². The Morgan fingerprint density at radius 3 is 2.59 bits per heavy atom. The van der Waals surface area contributed by atoms with E-state index in [0.717, 1.165) is 18.4 Å². The lowest BCUT2D eigenvalue weighted by atomic mass is 9.97. The molecule has 120 valence electrons. The average molecular weight is 302 g/mol. The molecule has 22 heavy (non-hydrogen) atoms. The van der Waals surface area contributed by atoms with Crippen LogP contribution in [0.15, 0.2) is 24.3 Å². The van der Waals surface area contributed by atoms with E-state index in [1.54, 1.807) is 4.90 Å². The van der Waals surface area contributed by atoms with Gasteiger partial charge in [-0.2, -0.15) is 0 Å². The van der Waals surface area contributed by atoms with Crippen LogP contribution in [0.3, 0.4) is 0 Å². The lowest BCUT2D eigenvalue weighted by Crippen LogP contribution is -2.52. The Labute approximate surface area is 132 Å².